The molecular formula is C75H139NO5. The first kappa shape index (κ1) is 78.6. The van der Waals surface area contributed by atoms with Crippen LogP contribution in [-0.2, 0) is 14.3 Å². The lowest BCUT2D eigenvalue weighted by Gasteiger charge is -2.20. The predicted octanol–water partition coefficient (Wildman–Crippen LogP) is 23.4. The third-order valence-corrected chi connectivity index (χ3v) is 16.5. The number of aliphatic hydroxyl groups excluding tert-OH is 2. The lowest BCUT2D eigenvalue weighted by Crippen LogP contribution is -2.45. The Hall–Kier alpha value is -2.44. The Morgan fingerprint density at radius 2 is 0.617 bits per heavy atom. The standard InChI is InChI=1S/C75H139NO5/c1-3-5-7-9-11-13-15-17-18-41-45-49-53-57-61-65-69-75(80)81-70-66-62-58-54-50-46-42-39-37-35-33-31-29-27-25-23-21-19-20-22-24-26-28-30-32-34-36-38-40-44-48-52-56-60-64-68-74(79)76-72(71-77)73(78)67-63-59-55-51-47-43-16-14-12-10-8-6-4-2/h13,15,18,21,23,27,29,41,63,67,72-73,77-78H,3-12,14,16-17,19-20,22,24-26,28,30-40,42-62,64-66,68-71H2,1-2H3,(H,76,79)/b15-13-,23-21-,29-27-,41-18-,67-63+. The van der Waals surface area contributed by atoms with Crippen molar-refractivity contribution in [2.45, 2.75) is 392 Å². The van der Waals surface area contributed by atoms with Crippen LogP contribution in [-0.4, -0.2) is 47.4 Å². The average molecular weight is 1130 g/mol. The molecule has 0 rings (SSSR count). The molecule has 0 aliphatic rings. The van der Waals surface area contributed by atoms with Crippen LogP contribution < -0.4 is 5.32 Å². The summed E-state index contributed by atoms with van der Waals surface area (Å²) in [6, 6.07) is -0.626. The fraction of sp³-hybridized carbons (Fsp3) is 0.840. The lowest BCUT2D eigenvalue weighted by atomic mass is 10.0. The molecule has 0 radical (unpaired) electrons. The van der Waals surface area contributed by atoms with Gasteiger partial charge >= 0.3 is 5.97 Å². The molecule has 2 unspecified atom stereocenters. The summed E-state index contributed by atoms with van der Waals surface area (Å²) in [5.41, 5.74) is 0. The van der Waals surface area contributed by atoms with E-state index < -0.39 is 12.1 Å². The Morgan fingerprint density at radius 3 is 0.951 bits per heavy atom. The summed E-state index contributed by atoms with van der Waals surface area (Å²) < 4.78 is 5.49. The number of unbranched alkanes of at least 4 members (excludes halogenated alkanes) is 48. The van der Waals surface area contributed by atoms with Crippen molar-refractivity contribution in [3.63, 3.8) is 0 Å². The number of hydrogen-bond acceptors (Lipinski definition) is 5. The second-order valence-corrected chi connectivity index (χ2v) is 24.6. The van der Waals surface area contributed by atoms with Crippen molar-refractivity contribution in [3.05, 3.63) is 60.8 Å². The maximum atomic E-state index is 12.5. The van der Waals surface area contributed by atoms with E-state index in [0.717, 1.165) is 57.8 Å². The number of carbonyl (C=O) groups is 2. The zero-order valence-corrected chi connectivity index (χ0v) is 54.3. The van der Waals surface area contributed by atoms with Crippen molar-refractivity contribution in [3.8, 4) is 0 Å². The number of rotatable bonds is 67. The molecule has 0 aromatic carbocycles. The molecule has 0 saturated heterocycles. The summed E-state index contributed by atoms with van der Waals surface area (Å²) in [5, 5.41) is 23.1. The molecule has 3 N–H and O–H groups in total. The molecule has 0 aromatic rings. The molecule has 0 spiro atoms. The van der Waals surface area contributed by atoms with E-state index in [2.05, 4.69) is 67.8 Å². The Kier molecular flexibility index (Phi) is 67.9. The summed E-state index contributed by atoms with van der Waals surface area (Å²) in [7, 11) is 0. The van der Waals surface area contributed by atoms with Gasteiger partial charge in [0, 0.05) is 12.8 Å². The van der Waals surface area contributed by atoms with E-state index in [9.17, 15) is 19.8 Å². The van der Waals surface area contributed by atoms with Crippen LogP contribution in [0, 0.1) is 0 Å². The fourth-order valence-electron chi connectivity index (χ4n) is 11.0. The van der Waals surface area contributed by atoms with Crippen LogP contribution >= 0.6 is 0 Å². The second-order valence-electron chi connectivity index (χ2n) is 24.6. The van der Waals surface area contributed by atoms with Gasteiger partial charge in [-0.05, 0) is 96.3 Å². The van der Waals surface area contributed by atoms with Crippen molar-refractivity contribution in [2.24, 2.45) is 0 Å². The number of aliphatic hydroxyl groups is 2. The molecule has 0 fully saturated rings. The van der Waals surface area contributed by atoms with Crippen LogP contribution in [0.15, 0.2) is 60.8 Å². The highest BCUT2D eigenvalue weighted by Crippen LogP contribution is 2.18. The van der Waals surface area contributed by atoms with E-state index in [1.54, 1.807) is 6.08 Å². The van der Waals surface area contributed by atoms with Crippen molar-refractivity contribution in [2.75, 3.05) is 13.2 Å². The van der Waals surface area contributed by atoms with Gasteiger partial charge in [-0.2, -0.15) is 0 Å². The minimum absolute atomic E-state index is 0.00288. The first-order chi connectivity index (χ1) is 40.0. The molecule has 6 heteroatoms. The summed E-state index contributed by atoms with van der Waals surface area (Å²) in [5.74, 6) is -0.0622. The minimum Gasteiger partial charge on any atom is -0.466 e. The summed E-state index contributed by atoms with van der Waals surface area (Å²) in [6.45, 7) is 4.89. The Balaban J connectivity index is 3.38. The normalized spacial score (nSPS) is 12.9. The zero-order valence-electron chi connectivity index (χ0n) is 54.3. The van der Waals surface area contributed by atoms with Crippen molar-refractivity contribution in [1.29, 1.82) is 0 Å². The van der Waals surface area contributed by atoms with Gasteiger partial charge in [0.05, 0.1) is 25.4 Å². The Morgan fingerprint density at radius 1 is 0.346 bits per heavy atom. The van der Waals surface area contributed by atoms with Crippen molar-refractivity contribution in [1.82, 2.24) is 5.32 Å². The van der Waals surface area contributed by atoms with Gasteiger partial charge in [-0.25, -0.2) is 0 Å². The highest BCUT2D eigenvalue weighted by Gasteiger charge is 2.18. The predicted molar refractivity (Wildman–Crippen MR) is 356 cm³/mol. The third kappa shape index (κ3) is 66.6. The van der Waals surface area contributed by atoms with Crippen LogP contribution in [0.1, 0.15) is 380 Å². The first-order valence-electron chi connectivity index (χ1n) is 36.1. The molecule has 0 aromatic heterocycles. The molecule has 0 bridgehead atoms. The SMILES string of the molecule is CCCCCC/C=C\C/C=C\CCCCCCCC(=O)OCCCCCCCCCCCCC/C=C\C/C=C\CCCCCCCCCCCCCCCCCCCC(=O)NC(CO)C(O)/C=C/CCCCCCCCCCCCC. The topological polar surface area (TPSA) is 95.9 Å². The van der Waals surface area contributed by atoms with E-state index in [4.69, 9.17) is 4.74 Å². The van der Waals surface area contributed by atoms with Crippen LogP contribution in [0.25, 0.3) is 0 Å². The van der Waals surface area contributed by atoms with Crippen LogP contribution in [0.3, 0.4) is 0 Å². The van der Waals surface area contributed by atoms with E-state index in [1.165, 1.54) is 295 Å². The van der Waals surface area contributed by atoms with Crippen LogP contribution in [0.2, 0.25) is 0 Å². The summed E-state index contributed by atoms with van der Waals surface area (Å²) in [4.78, 5) is 24.5. The van der Waals surface area contributed by atoms with Gasteiger partial charge < -0.3 is 20.3 Å². The number of nitrogens with one attached hydrogen (secondary N) is 1. The van der Waals surface area contributed by atoms with Gasteiger partial charge in [-0.15, -0.1) is 0 Å². The van der Waals surface area contributed by atoms with Gasteiger partial charge in [0.25, 0.3) is 0 Å². The molecular weight excluding hydrogens is 995 g/mol. The highest BCUT2D eigenvalue weighted by molar-refractivity contribution is 5.76. The van der Waals surface area contributed by atoms with Gasteiger partial charge in [0.2, 0.25) is 5.91 Å². The fourth-order valence-corrected chi connectivity index (χ4v) is 11.0. The second kappa shape index (κ2) is 70.0. The van der Waals surface area contributed by atoms with E-state index >= 15 is 0 Å². The van der Waals surface area contributed by atoms with Crippen molar-refractivity contribution < 1.29 is 24.5 Å². The number of carbonyl (C=O) groups excluding carboxylic acids is 2. The van der Waals surface area contributed by atoms with Crippen LogP contribution in [0.4, 0.5) is 0 Å². The smallest absolute Gasteiger partial charge is 0.305 e. The summed E-state index contributed by atoms with van der Waals surface area (Å²) >= 11 is 0. The maximum Gasteiger partial charge on any atom is 0.305 e. The van der Waals surface area contributed by atoms with Gasteiger partial charge in [-0.3, -0.25) is 9.59 Å². The largest absolute Gasteiger partial charge is 0.466 e. The van der Waals surface area contributed by atoms with Gasteiger partial charge in [0.1, 0.15) is 0 Å². The Bertz CT molecular complexity index is 1400. The minimum atomic E-state index is -0.843. The zero-order chi connectivity index (χ0) is 58.5. The monoisotopic (exact) mass is 1130 g/mol. The summed E-state index contributed by atoms with van der Waals surface area (Å²) in [6.07, 6.45) is 93.1. The highest BCUT2D eigenvalue weighted by atomic mass is 16.5. The molecule has 474 valence electrons. The molecule has 0 aliphatic heterocycles. The van der Waals surface area contributed by atoms with Crippen molar-refractivity contribution >= 4 is 11.9 Å². The molecule has 81 heavy (non-hydrogen) atoms. The lowest BCUT2D eigenvalue weighted by molar-refractivity contribution is -0.143. The maximum absolute atomic E-state index is 12.5. The molecule has 0 aliphatic carbocycles. The molecule has 0 saturated carbocycles. The first-order valence-corrected chi connectivity index (χ1v) is 36.1. The van der Waals surface area contributed by atoms with E-state index in [-0.39, 0.29) is 18.5 Å². The molecule has 6 nitrogen and oxygen atoms in total. The third-order valence-electron chi connectivity index (χ3n) is 16.5. The average Bonchev–Trinajstić information content (AvgIpc) is 3.47. The van der Waals surface area contributed by atoms with Crippen LogP contribution in [0.5, 0.6) is 0 Å². The number of ether oxygens (including phenoxy) is 1. The van der Waals surface area contributed by atoms with Gasteiger partial charge in [-0.1, -0.05) is 331 Å². The van der Waals surface area contributed by atoms with Gasteiger partial charge in [0.15, 0.2) is 0 Å². The molecule has 2 atom stereocenters. The molecule has 0 heterocycles. The number of allylic oxidation sites excluding steroid dienone is 9. The molecule has 1 amide bonds. The van der Waals surface area contributed by atoms with E-state index in [0.29, 0.717) is 19.4 Å². The quantitative estimate of drug-likeness (QED) is 0.0320. The number of esters is 1. The van der Waals surface area contributed by atoms with E-state index in [1.807, 2.05) is 6.08 Å². The Labute approximate surface area is 505 Å². The number of hydrogen-bond donors (Lipinski definition) is 3. The number of amides is 1.